The highest BCUT2D eigenvalue weighted by atomic mass is 31.2. The number of fused-ring (bicyclic) bond motifs is 1. The second-order valence-corrected chi connectivity index (χ2v) is 8.49. The van der Waals surface area contributed by atoms with Crippen LogP contribution in [0.3, 0.4) is 0 Å². The second-order valence-electron chi connectivity index (χ2n) is 5.93. The van der Waals surface area contributed by atoms with Gasteiger partial charge in [0, 0.05) is 11.2 Å². The zero-order valence-corrected chi connectivity index (χ0v) is 14.1. The largest absolute Gasteiger partial charge is 0.439 e. The third-order valence-corrected chi connectivity index (χ3v) is 7.57. The molecule has 0 aromatic heterocycles. The van der Waals surface area contributed by atoms with E-state index in [1.54, 1.807) is 0 Å². The Bertz CT molecular complexity index is 681. The molecular formula is C19H23O2P. The molecule has 0 N–H and O–H groups in total. The first-order valence-electron chi connectivity index (χ1n) is 8.14. The molecule has 0 saturated heterocycles. The fourth-order valence-electron chi connectivity index (χ4n) is 3.57. The number of hydrogen-bond acceptors (Lipinski definition) is 2. The molecule has 0 aliphatic carbocycles. The molecule has 0 bridgehead atoms. The van der Waals surface area contributed by atoms with E-state index in [-0.39, 0.29) is 5.66 Å². The van der Waals surface area contributed by atoms with E-state index in [4.69, 9.17) is 4.52 Å². The van der Waals surface area contributed by atoms with Crippen LogP contribution in [0.4, 0.5) is 0 Å². The molecule has 0 saturated carbocycles. The summed E-state index contributed by atoms with van der Waals surface area (Å²) in [6.45, 7) is 4.34. The topological polar surface area (TPSA) is 26.3 Å². The summed E-state index contributed by atoms with van der Waals surface area (Å²) in [6.07, 6.45) is 2.93. The van der Waals surface area contributed by atoms with Gasteiger partial charge in [0.1, 0.15) is 5.75 Å². The van der Waals surface area contributed by atoms with Crippen LogP contribution in [-0.2, 0) is 4.57 Å². The summed E-state index contributed by atoms with van der Waals surface area (Å²) in [5.41, 5.74) is 1.28. The lowest BCUT2D eigenvalue weighted by Crippen LogP contribution is -2.31. The van der Waals surface area contributed by atoms with Crippen molar-refractivity contribution in [2.24, 2.45) is 0 Å². The lowest BCUT2D eigenvalue weighted by atomic mass is 9.90. The Hall–Kier alpha value is -1.53. The smallest absolute Gasteiger partial charge is 0.280 e. The van der Waals surface area contributed by atoms with Crippen LogP contribution in [0.15, 0.2) is 54.6 Å². The molecule has 0 amide bonds. The zero-order chi connectivity index (χ0) is 15.6. The first-order valence-corrected chi connectivity index (χ1v) is 9.84. The molecule has 3 unspecified atom stereocenters. The SMILES string of the molecule is CCCC1C(CC)c2ccccc2OP1(=O)c1ccccc1. The van der Waals surface area contributed by atoms with Crippen molar-refractivity contribution in [1.29, 1.82) is 0 Å². The fraction of sp³-hybridized carbons (Fsp3) is 0.368. The predicted molar refractivity (Wildman–Crippen MR) is 92.5 cm³/mol. The number of hydrogen-bond donors (Lipinski definition) is 0. The molecule has 3 heteroatoms. The predicted octanol–water partition coefficient (Wildman–Crippen LogP) is 5.34. The van der Waals surface area contributed by atoms with Gasteiger partial charge in [-0.05, 0) is 36.6 Å². The molecule has 1 aliphatic heterocycles. The summed E-state index contributed by atoms with van der Waals surface area (Å²) in [4.78, 5) is 0. The van der Waals surface area contributed by atoms with Gasteiger partial charge in [0.25, 0.3) is 7.37 Å². The van der Waals surface area contributed by atoms with Crippen LogP contribution >= 0.6 is 7.37 Å². The van der Waals surface area contributed by atoms with Crippen LogP contribution in [-0.4, -0.2) is 5.66 Å². The van der Waals surface area contributed by atoms with Gasteiger partial charge in [-0.15, -0.1) is 0 Å². The Morgan fingerprint density at radius 3 is 2.36 bits per heavy atom. The molecule has 0 spiro atoms. The van der Waals surface area contributed by atoms with Crippen molar-refractivity contribution in [3.63, 3.8) is 0 Å². The van der Waals surface area contributed by atoms with Gasteiger partial charge in [-0.1, -0.05) is 56.7 Å². The molecular weight excluding hydrogens is 291 g/mol. The van der Waals surface area contributed by atoms with Crippen molar-refractivity contribution in [3.8, 4) is 5.75 Å². The minimum Gasteiger partial charge on any atom is -0.439 e. The van der Waals surface area contributed by atoms with Crippen LogP contribution in [0.5, 0.6) is 5.75 Å². The molecule has 116 valence electrons. The Morgan fingerprint density at radius 2 is 1.68 bits per heavy atom. The van der Waals surface area contributed by atoms with Crippen LogP contribution < -0.4 is 9.83 Å². The van der Waals surface area contributed by atoms with Gasteiger partial charge in [0.2, 0.25) is 0 Å². The average Bonchev–Trinajstić information content (AvgIpc) is 2.56. The Balaban J connectivity index is 2.15. The van der Waals surface area contributed by atoms with Crippen LogP contribution in [0.25, 0.3) is 0 Å². The van der Waals surface area contributed by atoms with Crippen LogP contribution in [0.1, 0.15) is 44.6 Å². The molecule has 1 aliphatic rings. The van der Waals surface area contributed by atoms with E-state index in [2.05, 4.69) is 19.9 Å². The molecule has 2 nitrogen and oxygen atoms in total. The van der Waals surface area contributed by atoms with Crippen molar-refractivity contribution < 1.29 is 9.09 Å². The average molecular weight is 314 g/mol. The van der Waals surface area contributed by atoms with E-state index >= 15 is 0 Å². The van der Waals surface area contributed by atoms with E-state index in [0.29, 0.717) is 5.92 Å². The van der Waals surface area contributed by atoms with E-state index in [1.165, 1.54) is 5.56 Å². The van der Waals surface area contributed by atoms with Crippen molar-refractivity contribution in [2.45, 2.75) is 44.7 Å². The fourth-order valence-corrected chi connectivity index (χ4v) is 6.68. The van der Waals surface area contributed by atoms with Gasteiger partial charge >= 0.3 is 0 Å². The maximum Gasteiger partial charge on any atom is 0.280 e. The van der Waals surface area contributed by atoms with E-state index < -0.39 is 7.37 Å². The Morgan fingerprint density at radius 1 is 1.00 bits per heavy atom. The minimum atomic E-state index is -2.90. The van der Waals surface area contributed by atoms with Gasteiger partial charge < -0.3 is 4.52 Å². The molecule has 22 heavy (non-hydrogen) atoms. The Kier molecular flexibility index (Phi) is 4.40. The lowest BCUT2D eigenvalue weighted by Gasteiger charge is -2.39. The van der Waals surface area contributed by atoms with Gasteiger partial charge in [0.15, 0.2) is 0 Å². The summed E-state index contributed by atoms with van der Waals surface area (Å²) in [5, 5.41) is 0.849. The standard InChI is InChI=1S/C19H23O2P/c1-3-10-19-16(4-2)17-13-8-9-14-18(17)21-22(19,20)15-11-6-5-7-12-15/h5-9,11-14,16,19H,3-4,10H2,1-2H3. The van der Waals surface area contributed by atoms with E-state index in [9.17, 15) is 4.57 Å². The van der Waals surface area contributed by atoms with Gasteiger partial charge in [-0.2, -0.15) is 0 Å². The normalized spacial score (nSPS) is 27.0. The second kappa shape index (κ2) is 6.30. The highest BCUT2D eigenvalue weighted by Crippen LogP contribution is 2.62. The van der Waals surface area contributed by atoms with Crippen molar-refractivity contribution in [1.82, 2.24) is 0 Å². The first kappa shape index (κ1) is 15.4. The number of rotatable bonds is 4. The van der Waals surface area contributed by atoms with E-state index in [0.717, 1.165) is 30.3 Å². The Labute approximate surface area is 133 Å². The maximum absolute atomic E-state index is 13.9. The van der Waals surface area contributed by atoms with Crippen LogP contribution in [0, 0.1) is 0 Å². The third-order valence-electron chi connectivity index (χ3n) is 4.59. The molecule has 2 aromatic carbocycles. The molecule has 2 aromatic rings. The first-order chi connectivity index (χ1) is 10.7. The van der Waals surface area contributed by atoms with Crippen molar-refractivity contribution >= 4 is 12.7 Å². The minimum absolute atomic E-state index is 0.0693. The van der Waals surface area contributed by atoms with Gasteiger partial charge in [0.05, 0.1) is 5.66 Å². The molecule has 3 rings (SSSR count). The van der Waals surface area contributed by atoms with Gasteiger partial charge in [-0.25, -0.2) is 0 Å². The quantitative estimate of drug-likeness (QED) is 0.712. The summed E-state index contributed by atoms with van der Waals surface area (Å²) < 4.78 is 20.0. The van der Waals surface area contributed by atoms with Crippen molar-refractivity contribution in [2.75, 3.05) is 0 Å². The molecule has 1 heterocycles. The third kappa shape index (κ3) is 2.50. The summed E-state index contributed by atoms with van der Waals surface area (Å²) >= 11 is 0. The number of benzene rings is 2. The van der Waals surface area contributed by atoms with Gasteiger partial charge in [-0.3, -0.25) is 4.57 Å². The van der Waals surface area contributed by atoms with E-state index in [1.807, 2.05) is 48.5 Å². The number of para-hydroxylation sites is 1. The summed E-state index contributed by atoms with van der Waals surface area (Å²) in [5.74, 6) is 1.10. The molecule has 0 radical (unpaired) electrons. The monoisotopic (exact) mass is 314 g/mol. The summed E-state index contributed by atoms with van der Waals surface area (Å²) in [7, 11) is -2.90. The van der Waals surface area contributed by atoms with Crippen LogP contribution in [0.2, 0.25) is 0 Å². The zero-order valence-electron chi connectivity index (χ0n) is 13.2. The van der Waals surface area contributed by atoms with Crippen molar-refractivity contribution in [3.05, 3.63) is 60.2 Å². The highest BCUT2D eigenvalue weighted by molar-refractivity contribution is 7.68. The maximum atomic E-state index is 13.9. The summed E-state index contributed by atoms with van der Waals surface area (Å²) in [6, 6.07) is 17.8. The molecule has 3 atom stereocenters. The highest BCUT2D eigenvalue weighted by Gasteiger charge is 2.46. The lowest BCUT2D eigenvalue weighted by molar-refractivity contribution is 0.419. The molecule has 0 fully saturated rings.